The van der Waals surface area contributed by atoms with Crippen LogP contribution in [-0.2, 0) is 4.79 Å². The molecule has 0 unspecified atom stereocenters. The minimum atomic E-state index is -0.519. The number of nitrogens with one attached hydrogen (secondary N) is 3. The SMILES string of the molecule is O=C(CNc1cnc2ccccn2c1=O)NNC(=O)c1cccnc1. The standard InChI is InChI=1S/C16H14N6O3/c23-14(20-21-15(24)11-4-3-6-17-8-11)10-18-12-9-19-13-5-1-2-7-22(13)16(12)25/h1-9,18H,10H2,(H,20,23)(H,21,24). The summed E-state index contributed by atoms with van der Waals surface area (Å²) in [5.41, 5.74) is 5.19. The Bertz CT molecular complexity index is 970. The van der Waals surface area contributed by atoms with Crippen molar-refractivity contribution in [1.82, 2.24) is 25.2 Å². The van der Waals surface area contributed by atoms with Crippen LogP contribution >= 0.6 is 0 Å². The largest absolute Gasteiger partial charge is 0.370 e. The smallest absolute Gasteiger partial charge is 0.281 e. The van der Waals surface area contributed by atoms with Crippen LogP contribution in [0.2, 0.25) is 0 Å². The van der Waals surface area contributed by atoms with Gasteiger partial charge in [0.15, 0.2) is 0 Å². The summed E-state index contributed by atoms with van der Waals surface area (Å²) in [4.78, 5) is 43.8. The van der Waals surface area contributed by atoms with Crippen molar-refractivity contribution in [2.45, 2.75) is 0 Å². The summed E-state index contributed by atoms with van der Waals surface area (Å²) in [5.74, 6) is -1.01. The Kier molecular flexibility index (Phi) is 4.65. The lowest BCUT2D eigenvalue weighted by molar-refractivity contribution is -0.120. The molecule has 0 aromatic carbocycles. The molecule has 25 heavy (non-hydrogen) atoms. The van der Waals surface area contributed by atoms with Crippen LogP contribution in [-0.4, -0.2) is 32.7 Å². The third-order valence-corrected chi connectivity index (χ3v) is 3.29. The Hall–Kier alpha value is -3.75. The second-order valence-electron chi connectivity index (χ2n) is 5.00. The molecule has 0 aliphatic heterocycles. The van der Waals surface area contributed by atoms with Gasteiger partial charge in [0, 0.05) is 18.6 Å². The van der Waals surface area contributed by atoms with Gasteiger partial charge in [-0.15, -0.1) is 0 Å². The Balaban J connectivity index is 1.57. The summed E-state index contributed by atoms with van der Waals surface area (Å²) in [6, 6.07) is 8.35. The van der Waals surface area contributed by atoms with E-state index in [4.69, 9.17) is 0 Å². The van der Waals surface area contributed by atoms with Gasteiger partial charge in [-0.1, -0.05) is 6.07 Å². The predicted octanol–water partition coefficient (Wildman–Crippen LogP) is -0.0374. The number of carbonyl (C=O) groups is 2. The molecule has 3 aromatic heterocycles. The minimum Gasteiger partial charge on any atom is -0.370 e. The first-order valence-electron chi connectivity index (χ1n) is 7.34. The van der Waals surface area contributed by atoms with Gasteiger partial charge in [0.25, 0.3) is 17.4 Å². The molecule has 0 spiro atoms. The Labute approximate surface area is 141 Å². The van der Waals surface area contributed by atoms with Crippen molar-refractivity contribution in [3.05, 3.63) is 71.0 Å². The van der Waals surface area contributed by atoms with Crippen molar-refractivity contribution >= 4 is 23.1 Å². The van der Waals surface area contributed by atoms with Gasteiger partial charge in [0.05, 0.1) is 18.3 Å². The van der Waals surface area contributed by atoms with Gasteiger partial charge in [0.2, 0.25) is 0 Å². The molecule has 0 saturated carbocycles. The van der Waals surface area contributed by atoms with Gasteiger partial charge < -0.3 is 5.32 Å². The zero-order valence-corrected chi connectivity index (χ0v) is 13.0. The van der Waals surface area contributed by atoms with Gasteiger partial charge in [-0.2, -0.15) is 0 Å². The fraction of sp³-hybridized carbons (Fsp3) is 0.0625. The van der Waals surface area contributed by atoms with E-state index in [-0.39, 0.29) is 17.8 Å². The highest BCUT2D eigenvalue weighted by molar-refractivity contribution is 5.95. The zero-order valence-electron chi connectivity index (χ0n) is 13.0. The number of hydrogen-bond donors (Lipinski definition) is 3. The fourth-order valence-corrected chi connectivity index (χ4v) is 2.06. The van der Waals surface area contributed by atoms with Gasteiger partial charge in [-0.3, -0.25) is 34.6 Å². The fourth-order valence-electron chi connectivity index (χ4n) is 2.06. The molecular formula is C16H14N6O3. The maximum absolute atomic E-state index is 12.2. The van der Waals surface area contributed by atoms with Crippen LogP contribution < -0.4 is 21.7 Å². The van der Waals surface area contributed by atoms with E-state index in [1.807, 2.05) is 0 Å². The molecule has 0 fully saturated rings. The lowest BCUT2D eigenvalue weighted by Crippen LogP contribution is -2.44. The molecule has 0 radical (unpaired) electrons. The molecule has 0 aliphatic carbocycles. The number of fused-ring (bicyclic) bond motifs is 1. The van der Waals surface area contributed by atoms with Crippen molar-refractivity contribution in [3.8, 4) is 0 Å². The van der Waals surface area contributed by atoms with Crippen LogP contribution in [0.3, 0.4) is 0 Å². The number of amides is 2. The number of hydrogen-bond acceptors (Lipinski definition) is 6. The highest BCUT2D eigenvalue weighted by Crippen LogP contribution is 2.00. The molecule has 3 heterocycles. The minimum absolute atomic E-state index is 0.178. The van der Waals surface area contributed by atoms with Gasteiger partial charge in [0.1, 0.15) is 11.3 Å². The molecule has 3 aromatic rings. The van der Waals surface area contributed by atoms with E-state index in [1.54, 1.807) is 36.5 Å². The van der Waals surface area contributed by atoms with E-state index in [0.717, 1.165) is 0 Å². The zero-order chi connectivity index (χ0) is 17.6. The maximum Gasteiger partial charge on any atom is 0.281 e. The Morgan fingerprint density at radius 2 is 1.96 bits per heavy atom. The maximum atomic E-state index is 12.2. The van der Waals surface area contributed by atoms with Crippen LogP contribution in [0, 0.1) is 0 Å². The third-order valence-electron chi connectivity index (χ3n) is 3.29. The third kappa shape index (κ3) is 3.78. The van der Waals surface area contributed by atoms with Gasteiger partial charge >= 0.3 is 0 Å². The Morgan fingerprint density at radius 3 is 2.76 bits per heavy atom. The van der Waals surface area contributed by atoms with E-state index in [9.17, 15) is 14.4 Å². The van der Waals surface area contributed by atoms with E-state index < -0.39 is 11.8 Å². The van der Waals surface area contributed by atoms with Crippen molar-refractivity contribution in [2.24, 2.45) is 0 Å². The predicted molar refractivity (Wildman–Crippen MR) is 89.8 cm³/mol. The number of pyridine rings is 2. The average Bonchev–Trinajstić information content (AvgIpc) is 2.66. The second kappa shape index (κ2) is 7.21. The molecule has 3 rings (SSSR count). The van der Waals surface area contributed by atoms with Crippen LogP contribution in [0.1, 0.15) is 10.4 Å². The summed E-state index contributed by atoms with van der Waals surface area (Å²) in [7, 11) is 0. The van der Waals surface area contributed by atoms with E-state index in [0.29, 0.717) is 11.2 Å². The summed E-state index contributed by atoms with van der Waals surface area (Å²) in [6.45, 7) is -0.205. The molecular weight excluding hydrogens is 324 g/mol. The number of nitrogens with zero attached hydrogens (tertiary/aromatic N) is 3. The molecule has 0 aliphatic rings. The van der Waals surface area contributed by atoms with Crippen LogP contribution in [0.5, 0.6) is 0 Å². The summed E-state index contributed by atoms with van der Waals surface area (Å²) in [5, 5.41) is 2.70. The first kappa shape index (κ1) is 16.1. The van der Waals surface area contributed by atoms with Crippen LogP contribution in [0.15, 0.2) is 59.9 Å². The van der Waals surface area contributed by atoms with Crippen LogP contribution in [0.4, 0.5) is 5.69 Å². The normalized spacial score (nSPS) is 10.2. The molecule has 126 valence electrons. The summed E-state index contributed by atoms with van der Waals surface area (Å²) < 4.78 is 1.37. The first-order valence-corrected chi connectivity index (χ1v) is 7.34. The molecule has 2 amide bonds. The van der Waals surface area contributed by atoms with Crippen molar-refractivity contribution in [3.63, 3.8) is 0 Å². The lowest BCUT2D eigenvalue weighted by Gasteiger charge is -2.09. The number of carbonyl (C=O) groups excluding carboxylic acids is 2. The highest BCUT2D eigenvalue weighted by Gasteiger charge is 2.09. The number of rotatable bonds is 4. The van der Waals surface area contributed by atoms with E-state index >= 15 is 0 Å². The highest BCUT2D eigenvalue weighted by atomic mass is 16.2. The van der Waals surface area contributed by atoms with Gasteiger partial charge in [-0.25, -0.2) is 4.98 Å². The molecule has 9 heteroatoms. The summed E-state index contributed by atoms with van der Waals surface area (Å²) in [6.07, 6.45) is 5.86. The molecule has 0 saturated heterocycles. The average molecular weight is 338 g/mol. The van der Waals surface area contributed by atoms with Crippen LogP contribution in [0.25, 0.3) is 5.65 Å². The monoisotopic (exact) mass is 338 g/mol. The van der Waals surface area contributed by atoms with Crippen molar-refractivity contribution in [1.29, 1.82) is 0 Å². The first-order chi connectivity index (χ1) is 12.1. The molecule has 9 nitrogen and oxygen atoms in total. The second-order valence-corrected chi connectivity index (χ2v) is 5.00. The topological polar surface area (TPSA) is 117 Å². The van der Waals surface area contributed by atoms with Crippen molar-refractivity contribution in [2.75, 3.05) is 11.9 Å². The molecule has 0 atom stereocenters. The van der Waals surface area contributed by atoms with Crippen molar-refractivity contribution < 1.29 is 9.59 Å². The summed E-state index contributed by atoms with van der Waals surface area (Å²) >= 11 is 0. The Morgan fingerprint density at radius 1 is 1.08 bits per heavy atom. The lowest BCUT2D eigenvalue weighted by atomic mass is 10.3. The number of anilines is 1. The number of hydrazine groups is 1. The van der Waals surface area contributed by atoms with E-state index in [2.05, 4.69) is 26.1 Å². The molecule has 0 bridgehead atoms. The quantitative estimate of drug-likeness (QED) is 0.575. The van der Waals surface area contributed by atoms with E-state index in [1.165, 1.54) is 23.0 Å². The molecule has 3 N–H and O–H groups in total. The number of aromatic nitrogens is 3. The van der Waals surface area contributed by atoms with Gasteiger partial charge in [-0.05, 0) is 24.3 Å².